The van der Waals surface area contributed by atoms with Crippen LogP contribution in [0.2, 0.25) is 0 Å². The van der Waals surface area contributed by atoms with Gasteiger partial charge in [-0.15, -0.1) is 0 Å². The molecule has 1 aliphatic rings. The number of nitrogens with one attached hydrogen (secondary N) is 1. The van der Waals surface area contributed by atoms with Gasteiger partial charge in [-0.2, -0.15) is 4.31 Å². The van der Waals surface area contributed by atoms with Crippen LogP contribution in [0.1, 0.15) is 44.2 Å². The highest BCUT2D eigenvalue weighted by atomic mass is 32.2. The molecule has 0 bridgehead atoms. The molecule has 1 aliphatic heterocycles. The van der Waals surface area contributed by atoms with Crippen molar-refractivity contribution in [2.75, 3.05) is 38.2 Å². The Morgan fingerprint density at radius 3 is 2.33 bits per heavy atom. The van der Waals surface area contributed by atoms with E-state index in [9.17, 15) is 13.2 Å². The Hall–Kier alpha value is -2.58. The molecule has 180 valence electrons. The number of hydrogen-bond donors (Lipinski definition) is 1. The van der Waals surface area contributed by atoms with Crippen LogP contribution in [0.3, 0.4) is 0 Å². The molecular weight excluding hydrogens is 438 g/mol. The van der Waals surface area contributed by atoms with E-state index in [1.54, 1.807) is 25.3 Å². The Bertz CT molecular complexity index is 1030. The van der Waals surface area contributed by atoms with E-state index in [0.29, 0.717) is 31.8 Å². The van der Waals surface area contributed by atoms with Crippen LogP contribution in [-0.2, 0) is 27.8 Å². The molecule has 0 radical (unpaired) electrons. The number of ether oxygens (including phenoxy) is 1. The molecule has 1 heterocycles. The summed E-state index contributed by atoms with van der Waals surface area (Å²) >= 11 is 0. The third-order valence-electron chi connectivity index (χ3n) is 6.13. The second-order valence-electron chi connectivity index (χ2n) is 8.20. The second-order valence-corrected chi connectivity index (χ2v) is 10.1. The van der Waals surface area contributed by atoms with Crippen LogP contribution in [0.25, 0.3) is 0 Å². The summed E-state index contributed by atoms with van der Waals surface area (Å²) in [5.41, 5.74) is 2.93. The summed E-state index contributed by atoms with van der Waals surface area (Å²) in [7, 11) is -1.96. The number of methoxy groups -OCH3 is 1. The minimum atomic E-state index is -3.51. The number of carbonyl (C=O) groups excluding carboxylic acids is 1. The highest BCUT2D eigenvalue weighted by Gasteiger charge is 2.27. The predicted molar refractivity (Wildman–Crippen MR) is 131 cm³/mol. The minimum Gasteiger partial charge on any atom is -0.496 e. The fourth-order valence-electron chi connectivity index (χ4n) is 4.14. The number of anilines is 1. The lowest BCUT2D eigenvalue weighted by Gasteiger charge is -2.21. The Morgan fingerprint density at radius 1 is 1.06 bits per heavy atom. The van der Waals surface area contributed by atoms with Crippen molar-refractivity contribution in [2.24, 2.45) is 0 Å². The van der Waals surface area contributed by atoms with E-state index >= 15 is 0 Å². The monoisotopic (exact) mass is 473 g/mol. The maximum atomic E-state index is 12.9. The average Bonchev–Trinajstić information content (AvgIpc) is 3.39. The SMILES string of the molecule is CCN(CC)c1ccc(CNC(=O)CCc2cc(S(=O)(=O)N3CCCC3)ccc2OC)cc1. The summed E-state index contributed by atoms with van der Waals surface area (Å²) in [6.07, 6.45) is 2.43. The van der Waals surface area contributed by atoms with Gasteiger partial charge in [0.2, 0.25) is 15.9 Å². The third-order valence-corrected chi connectivity index (χ3v) is 8.03. The van der Waals surface area contributed by atoms with E-state index in [4.69, 9.17) is 4.74 Å². The number of carbonyl (C=O) groups is 1. The fourth-order valence-corrected chi connectivity index (χ4v) is 5.71. The van der Waals surface area contributed by atoms with Crippen molar-refractivity contribution in [3.05, 3.63) is 53.6 Å². The maximum absolute atomic E-state index is 12.9. The van der Waals surface area contributed by atoms with Gasteiger partial charge in [-0.05, 0) is 74.6 Å². The first-order valence-electron chi connectivity index (χ1n) is 11.7. The molecule has 1 amide bonds. The molecule has 1 N–H and O–H groups in total. The van der Waals surface area contributed by atoms with Crippen LogP contribution in [0.15, 0.2) is 47.4 Å². The molecule has 0 aromatic heterocycles. The number of sulfonamides is 1. The number of amides is 1. The van der Waals surface area contributed by atoms with Crippen LogP contribution in [-0.4, -0.2) is 51.9 Å². The number of hydrogen-bond acceptors (Lipinski definition) is 5. The third kappa shape index (κ3) is 6.26. The van der Waals surface area contributed by atoms with Gasteiger partial charge in [0.1, 0.15) is 5.75 Å². The first-order valence-corrected chi connectivity index (χ1v) is 13.1. The van der Waals surface area contributed by atoms with E-state index in [0.717, 1.165) is 37.1 Å². The molecular formula is C25H35N3O4S. The quantitative estimate of drug-likeness (QED) is 0.540. The van der Waals surface area contributed by atoms with Crippen molar-refractivity contribution < 1.29 is 17.9 Å². The number of aryl methyl sites for hydroxylation is 1. The van der Waals surface area contributed by atoms with Crippen LogP contribution in [0, 0.1) is 0 Å². The molecule has 0 aliphatic carbocycles. The van der Waals surface area contributed by atoms with Crippen LogP contribution in [0.5, 0.6) is 5.75 Å². The van der Waals surface area contributed by atoms with E-state index < -0.39 is 10.0 Å². The maximum Gasteiger partial charge on any atom is 0.243 e. The molecule has 2 aromatic rings. The summed E-state index contributed by atoms with van der Waals surface area (Å²) in [6.45, 7) is 7.74. The van der Waals surface area contributed by atoms with Crippen molar-refractivity contribution in [1.82, 2.24) is 9.62 Å². The second kappa shape index (κ2) is 11.5. The lowest BCUT2D eigenvalue weighted by Crippen LogP contribution is -2.28. The Labute approximate surface area is 197 Å². The van der Waals surface area contributed by atoms with Gasteiger partial charge in [0.05, 0.1) is 12.0 Å². The molecule has 1 fully saturated rings. The van der Waals surface area contributed by atoms with E-state index in [2.05, 4.69) is 36.2 Å². The van der Waals surface area contributed by atoms with Crippen molar-refractivity contribution in [3.63, 3.8) is 0 Å². The zero-order valence-electron chi connectivity index (χ0n) is 19.8. The summed E-state index contributed by atoms with van der Waals surface area (Å²) in [5.74, 6) is 0.507. The Kier molecular flexibility index (Phi) is 8.74. The lowest BCUT2D eigenvalue weighted by atomic mass is 10.1. The van der Waals surface area contributed by atoms with Gasteiger partial charge in [0, 0.05) is 44.8 Å². The average molecular weight is 474 g/mol. The zero-order chi connectivity index (χ0) is 23.8. The number of benzene rings is 2. The predicted octanol–water partition coefficient (Wildman–Crippen LogP) is 3.57. The molecule has 0 unspecified atom stereocenters. The molecule has 0 spiro atoms. The molecule has 1 saturated heterocycles. The van der Waals surface area contributed by atoms with Crippen LogP contribution >= 0.6 is 0 Å². The minimum absolute atomic E-state index is 0.0855. The zero-order valence-corrected chi connectivity index (χ0v) is 20.7. The normalized spacial score (nSPS) is 14.3. The lowest BCUT2D eigenvalue weighted by molar-refractivity contribution is -0.121. The van der Waals surface area contributed by atoms with Gasteiger partial charge < -0.3 is 15.0 Å². The molecule has 0 atom stereocenters. The Balaban J connectivity index is 1.59. The van der Waals surface area contributed by atoms with E-state index in [-0.39, 0.29) is 17.2 Å². The van der Waals surface area contributed by atoms with E-state index in [1.165, 1.54) is 9.99 Å². The first-order chi connectivity index (χ1) is 15.9. The highest BCUT2D eigenvalue weighted by molar-refractivity contribution is 7.89. The largest absolute Gasteiger partial charge is 0.496 e. The van der Waals surface area contributed by atoms with E-state index in [1.807, 2.05) is 12.1 Å². The molecule has 33 heavy (non-hydrogen) atoms. The Morgan fingerprint density at radius 2 is 1.73 bits per heavy atom. The molecule has 7 nitrogen and oxygen atoms in total. The van der Waals surface area contributed by atoms with Crippen LogP contribution < -0.4 is 15.0 Å². The van der Waals surface area contributed by atoms with Crippen molar-refractivity contribution in [2.45, 2.75) is 51.0 Å². The standard InChI is InChI=1S/C25H35N3O4S/c1-4-27(5-2)22-11-8-20(9-12-22)19-26-25(29)15-10-21-18-23(13-14-24(21)32-3)33(30,31)28-16-6-7-17-28/h8-9,11-14,18H,4-7,10,15-17,19H2,1-3H3,(H,26,29). The highest BCUT2D eigenvalue weighted by Crippen LogP contribution is 2.27. The van der Waals surface area contributed by atoms with Crippen molar-refractivity contribution in [3.8, 4) is 5.75 Å². The van der Waals surface area contributed by atoms with Gasteiger partial charge in [-0.3, -0.25) is 4.79 Å². The first kappa shape index (κ1) is 25.1. The van der Waals surface area contributed by atoms with Crippen molar-refractivity contribution >= 4 is 21.6 Å². The summed E-state index contributed by atoms with van der Waals surface area (Å²) < 4.78 is 32.7. The van der Waals surface area contributed by atoms with Gasteiger partial charge in [0.15, 0.2) is 0 Å². The molecule has 0 saturated carbocycles. The van der Waals surface area contributed by atoms with Gasteiger partial charge in [0.25, 0.3) is 0 Å². The molecule has 2 aromatic carbocycles. The number of nitrogens with zero attached hydrogens (tertiary/aromatic N) is 2. The fraction of sp³-hybridized carbons (Fsp3) is 0.480. The van der Waals surface area contributed by atoms with Gasteiger partial charge >= 0.3 is 0 Å². The summed E-state index contributed by atoms with van der Waals surface area (Å²) in [4.78, 5) is 15.0. The van der Waals surface area contributed by atoms with Crippen molar-refractivity contribution in [1.29, 1.82) is 0 Å². The van der Waals surface area contributed by atoms with Gasteiger partial charge in [-0.1, -0.05) is 12.1 Å². The van der Waals surface area contributed by atoms with Crippen LogP contribution in [0.4, 0.5) is 5.69 Å². The number of rotatable bonds is 11. The smallest absolute Gasteiger partial charge is 0.243 e. The summed E-state index contributed by atoms with van der Waals surface area (Å²) in [5, 5.41) is 2.95. The van der Waals surface area contributed by atoms with Gasteiger partial charge in [-0.25, -0.2) is 8.42 Å². The summed E-state index contributed by atoms with van der Waals surface area (Å²) in [6, 6.07) is 13.1. The topological polar surface area (TPSA) is 79.0 Å². The molecule has 3 rings (SSSR count). The molecule has 8 heteroatoms.